The number of amides is 1. The molecule has 5 rings (SSSR count). The molecule has 0 atom stereocenters. The Morgan fingerprint density at radius 1 is 1.00 bits per heavy atom. The van der Waals surface area contributed by atoms with Crippen LogP contribution in [0.2, 0.25) is 5.02 Å². The average molecular weight is 640 g/mol. The van der Waals surface area contributed by atoms with Crippen molar-refractivity contribution in [1.29, 1.82) is 0 Å². The summed E-state index contributed by atoms with van der Waals surface area (Å²) in [5.74, 6) is 0.726. The monoisotopic (exact) mass is 639 g/mol. The van der Waals surface area contributed by atoms with Crippen molar-refractivity contribution in [2.45, 2.75) is 4.90 Å². The van der Waals surface area contributed by atoms with E-state index in [9.17, 15) is 13.2 Å². The van der Waals surface area contributed by atoms with Crippen LogP contribution in [-0.4, -0.2) is 93.2 Å². The minimum atomic E-state index is -4.02. The number of methoxy groups -OCH3 is 2. The number of rotatable bonds is 12. The lowest BCUT2D eigenvalue weighted by atomic mass is 10.2. The molecule has 232 valence electrons. The lowest BCUT2D eigenvalue weighted by molar-refractivity contribution is -0.116. The summed E-state index contributed by atoms with van der Waals surface area (Å²) >= 11 is 6.01. The normalized spacial score (nSPS) is 14.0. The second kappa shape index (κ2) is 14.2. The lowest BCUT2D eigenvalue weighted by Crippen LogP contribution is -2.45. The minimum Gasteiger partial charge on any atom is -0.493 e. The highest BCUT2D eigenvalue weighted by molar-refractivity contribution is 7.89. The van der Waals surface area contributed by atoms with E-state index in [-0.39, 0.29) is 17.4 Å². The van der Waals surface area contributed by atoms with Crippen molar-refractivity contribution < 1.29 is 27.4 Å². The van der Waals surface area contributed by atoms with Gasteiger partial charge in [-0.15, -0.1) is 0 Å². The van der Waals surface area contributed by atoms with Crippen LogP contribution in [0.15, 0.2) is 83.9 Å². The van der Waals surface area contributed by atoms with Crippen molar-refractivity contribution in [3.63, 3.8) is 0 Å². The smallest absolute Gasteiger partial charge is 0.243 e. The fraction of sp³-hybridized carbons (Fsp3) is 0.290. The third-order valence-corrected chi connectivity index (χ3v) is 9.32. The molecule has 1 aliphatic heterocycles. The third kappa shape index (κ3) is 7.40. The third-order valence-electron chi connectivity index (χ3n) is 7.21. The fourth-order valence-corrected chi connectivity index (χ4v) is 6.34. The predicted octanol–water partition coefficient (Wildman–Crippen LogP) is 4.17. The summed E-state index contributed by atoms with van der Waals surface area (Å²) in [6.45, 7) is 2.66. The number of aromatic nitrogens is 2. The first-order valence-electron chi connectivity index (χ1n) is 14.0. The molecule has 0 unspecified atom stereocenters. The van der Waals surface area contributed by atoms with Crippen LogP contribution in [0, 0.1) is 0 Å². The molecule has 2 heterocycles. The number of carbonyl (C=O) groups is 1. The molecular formula is C31H34ClN5O6S. The highest BCUT2D eigenvalue weighted by atomic mass is 35.5. The predicted molar refractivity (Wildman–Crippen MR) is 168 cm³/mol. The topological polar surface area (TPSA) is 115 Å². The Bertz CT molecular complexity index is 1680. The molecule has 1 aliphatic rings. The van der Waals surface area contributed by atoms with Crippen molar-refractivity contribution >= 4 is 33.5 Å². The van der Waals surface area contributed by atoms with Gasteiger partial charge in [0.25, 0.3) is 0 Å². The molecule has 3 aromatic carbocycles. The molecule has 1 aromatic heterocycles. The molecular weight excluding hydrogens is 606 g/mol. The van der Waals surface area contributed by atoms with Crippen LogP contribution in [0.1, 0.15) is 0 Å². The SMILES string of the molecule is COc1ccc(-n2cc(-c3ccccc3)nc2NC(=O)CN(CCN2CCOCC2)S(=O)(=O)c2ccc(Cl)cc2)cc1OC. The molecule has 13 heteroatoms. The molecule has 0 bridgehead atoms. The van der Waals surface area contributed by atoms with E-state index in [1.54, 1.807) is 37.1 Å². The Labute approximate surface area is 262 Å². The summed E-state index contributed by atoms with van der Waals surface area (Å²) < 4.78 is 46.6. The van der Waals surface area contributed by atoms with Crippen LogP contribution in [0.3, 0.4) is 0 Å². The first-order chi connectivity index (χ1) is 21.3. The van der Waals surface area contributed by atoms with Gasteiger partial charge in [0.05, 0.1) is 50.3 Å². The van der Waals surface area contributed by atoms with Gasteiger partial charge in [-0.05, 0) is 36.4 Å². The Balaban J connectivity index is 1.44. The maximum atomic E-state index is 13.7. The quantitative estimate of drug-likeness (QED) is 0.246. The number of halogens is 1. The van der Waals surface area contributed by atoms with Crippen molar-refractivity contribution in [2.75, 3.05) is 65.5 Å². The lowest BCUT2D eigenvalue weighted by Gasteiger charge is -2.29. The first-order valence-corrected chi connectivity index (χ1v) is 15.8. The highest BCUT2D eigenvalue weighted by Gasteiger charge is 2.28. The van der Waals surface area contributed by atoms with E-state index in [0.717, 1.165) is 5.56 Å². The fourth-order valence-electron chi connectivity index (χ4n) is 4.83. The maximum Gasteiger partial charge on any atom is 0.243 e. The van der Waals surface area contributed by atoms with E-state index < -0.39 is 22.5 Å². The van der Waals surface area contributed by atoms with Gasteiger partial charge in [0, 0.05) is 49.0 Å². The maximum absolute atomic E-state index is 13.7. The minimum absolute atomic E-state index is 0.0508. The van der Waals surface area contributed by atoms with Gasteiger partial charge < -0.3 is 14.2 Å². The molecule has 0 spiro atoms. The van der Waals surface area contributed by atoms with Crippen molar-refractivity contribution in [1.82, 2.24) is 18.8 Å². The van der Waals surface area contributed by atoms with E-state index in [1.807, 2.05) is 36.4 Å². The number of nitrogens with one attached hydrogen (secondary N) is 1. The van der Waals surface area contributed by atoms with Gasteiger partial charge in [-0.3, -0.25) is 19.6 Å². The van der Waals surface area contributed by atoms with Gasteiger partial charge in [0.2, 0.25) is 21.9 Å². The number of benzene rings is 3. The number of ether oxygens (including phenoxy) is 3. The molecule has 0 saturated carbocycles. The highest BCUT2D eigenvalue weighted by Crippen LogP contribution is 2.32. The molecule has 1 amide bonds. The van der Waals surface area contributed by atoms with E-state index in [2.05, 4.69) is 10.2 Å². The van der Waals surface area contributed by atoms with Crippen LogP contribution >= 0.6 is 11.6 Å². The molecule has 0 aliphatic carbocycles. The van der Waals surface area contributed by atoms with Crippen molar-refractivity contribution in [3.05, 3.63) is 84.0 Å². The summed E-state index contributed by atoms with van der Waals surface area (Å²) in [7, 11) is -0.930. The Morgan fingerprint density at radius 3 is 2.39 bits per heavy atom. The molecule has 44 heavy (non-hydrogen) atoms. The van der Waals surface area contributed by atoms with Gasteiger partial charge in [-0.25, -0.2) is 13.4 Å². The number of sulfonamides is 1. The first kappa shape index (κ1) is 31.5. The molecule has 1 N–H and O–H groups in total. The standard InChI is InChI=1S/C31H34ClN5O6S/c1-41-28-13-10-25(20-29(28)42-2)37-21-27(23-6-4-3-5-7-23)33-31(37)34-30(38)22-36(15-14-35-16-18-43-19-17-35)44(39,40)26-11-8-24(32)9-12-26/h3-13,20-21H,14-19,22H2,1-2H3,(H,33,34,38). The van der Waals surface area contributed by atoms with Gasteiger partial charge in [0.15, 0.2) is 11.5 Å². The second-order valence-corrected chi connectivity index (χ2v) is 12.4. The van der Waals surface area contributed by atoms with Crippen LogP contribution in [0.4, 0.5) is 5.95 Å². The largest absolute Gasteiger partial charge is 0.493 e. The van der Waals surface area contributed by atoms with E-state index in [1.165, 1.54) is 28.6 Å². The number of hydrogen-bond donors (Lipinski definition) is 1. The van der Waals surface area contributed by atoms with Crippen LogP contribution in [0.5, 0.6) is 11.5 Å². The number of imidazole rings is 1. The second-order valence-electron chi connectivity index (χ2n) is 10.0. The Hall–Kier alpha value is -3.94. The Morgan fingerprint density at radius 2 is 1.70 bits per heavy atom. The summed E-state index contributed by atoms with van der Waals surface area (Å²) in [6, 6.07) is 20.8. The Kier molecular flexibility index (Phi) is 10.2. The van der Waals surface area contributed by atoms with Gasteiger partial charge in [-0.2, -0.15) is 4.31 Å². The number of morpholine rings is 1. The molecule has 0 radical (unpaired) electrons. The zero-order valence-corrected chi connectivity index (χ0v) is 26.1. The van der Waals surface area contributed by atoms with Crippen molar-refractivity contribution in [3.8, 4) is 28.4 Å². The summed E-state index contributed by atoms with van der Waals surface area (Å²) in [5, 5.41) is 3.26. The number of hydrogen-bond acceptors (Lipinski definition) is 8. The molecule has 1 fully saturated rings. The molecule has 1 saturated heterocycles. The number of anilines is 1. The number of nitrogens with zero attached hydrogens (tertiary/aromatic N) is 4. The van der Waals surface area contributed by atoms with Gasteiger partial charge >= 0.3 is 0 Å². The zero-order valence-electron chi connectivity index (χ0n) is 24.5. The summed E-state index contributed by atoms with van der Waals surface area (Å²) in [5.41, 5.74) is 2.12. The zero-order chi connectivity index (χ0) is 31.1. The number of carbonyl (C=O) groups excluding carboxylic acids is 1. The summed E-state index contributed by atoms with van der Waals surface area (Å²) in [6.07, 6.45) is 1.80. The van der Waals surface area contributed by atoms with Gasteiger partial charge in [0.1, 0.15) is 0 Å². The van der Waals surface area contributed by atoms with Gasteiger partial charge in [-0.1, -0.05) is 41.9 Å². The van der Waals surface area contributed by atoms with Crippen LogP contribution in [-0.2, 0) is 19.6 Å². The summed E-state index contributed by atoms with van der Waals surface area (Å²) in [4.78, 5) is 20.5. The van der Waals surface area contributed by atoms with Crippen LogP contribution < -0.4 is 14.8 Å². The van der Waals surface area contributed by atoms with E-state index in [4.69, 9.17) is 30.8 Å². The van der Waals surface area contributed by atoms with Crippen LogP contribution in [0.25, 0.3) is 16.9 Å². The van der Waals surface area contributed by atoms with E-state index >= 15 is 0 Å². The van der Waals surface area contributed by atoms with Crippen molar-refractivity contribution in [2.24, 2.45) is 0 Å². The average Bonchev–Trinajstić information content (AvgIpc) is 3.47. The van der Waals surface area contributed by atoms with E-state index in [0.29, 0.717) is 60.8 Å². The molecule has 4 aromatic rings. The molecule has 11 nitrogen and oxygen atoms in total.